The van der Waals surface area contributed by atoms with Crippen LogP contribution in [0.25, 0.3) is 10.8 Å². The minimum Gasteiger partial charge on any atom is -0.481 e. The number of carbonyl (C=O) groups is 6. The van der Waals surface area contributed by atoms with E-state index in [9.17, 15) is 39.0 Å². The number of rotatable bonds is 18. The van der Waals surface area contributed by atoms with Gasteiger partial charge in [-0.25, -0.2) is 25.2 Å². The topological polar surface area (TPSA) is 262 Å². The lowest BCUT2D eigenvalue weighted by molar-refractivity contribution is -0.140. The number of hydrazine groups is 1. The van der Waals surface area contributed by atoms with Crippen molar-refractivity contribution in [3.63, 3.8) is 0 Å². The number of aliphatic carboxylic acids is 3. The molecule has 0 spiro atoms. The Labute approximate surface area is 269 Å². The zero-order chi connectivity index (χ0) is 34.3. The number of nitrogens with one attached hydrogen (secondary N) is 5. The quantitative estimate of drug-likeness (QED) is 0.0534. The summed E-state index contributed by atoms with van der Waals surface area (Å²) in [6.45, 7) is 0.135. The predicted molar refractivity (Wildman–Crippen MR) is 169 cm³/mol. The fraction of sp³-hybridized carbons (Fsp3) is 0.323. The fourth-order valence-corrected chi connectivity index (χ4v) is 4.61. The molecule has 10 N–H and O–H groups in total. The number of nitrogens with two attached hydrogens (primary N) is 1. The van der Waals surface area contributed by atoms with Crippen molar-refractivity contribution in [1.82, 2.24) is 26.3 Å². The van der Waals surface area contributed by atoms with E-state index in [1.807, 2.05) is 42.5 Å². The molecule has 4 amide bonds. The van der Waals surface area contributed by atoms with Crippen LogP contribution in [0.1, 0.15) is 48.0 Å². The highest BCUT2D eigenvalue weighted by Gasteiger charge is 2.25. The summed E-state index contributed by atoms with van der Waals surface area (Å²) in [4.78, 5) is 76.2. The number of hydrogen-bond acceptors (Lipinski definition) is 9. The van der Waals surface area contributed by atoms with Crippen molar-refractivity contribution in [1.29, 1.82) is 0 Å². The smallest absolute Gasteiger partial charge is 0.326 e. The molecule has 0 aliphatic heterocycles. The van der Waals surface area contributed by atoms with Crippen molar-refractivity contribution in [2.75, 3.05) is 12.0 Å². The number of aromatic nitrogens is 1. The second kappa shape index (κ2) is 17.6. The number of hydrogen-bond donors (Lipinski definition) is 9. The highest BCUT2D eigenvalue weighted by Crippen LogP contribution is 2.17. The fourth-order valence-electron chi connectivity index (χ4n) is 4.61. The summed E-state index contributed by atoms with van der Waals surface area (Å²) in [5.41, 5.74) is 3.40. The first-order valence-corrected chi connectivity index (χ1v) is 14.7. The first-order chi connectivity index (χ1) is 22.5. The van der Waals surface area contributed by atoms with Gasteiger partial charge >= 0.3 is 23.9 Å². The van der Waals surface area contributed by atoms with Crippen LogP contribution >= 0.6 is 0 Å². The molecule has 0 saturated heterocycles. The Kier molecular flexibility index (Phi) is 13.4. The third kappa shape index (κ3) is 11.6. The van der Waals surface area contributed by atoms with Gasteiger partial charge in [-0.2, -0.15) is 0 Å². The molecule has 0 aliphatic rings. The van der Waals surface area contributed by atoms with Crippen LogP contribution in [0.2, 0.25) is 0 Å². The first kappa shape index (κ1) is 35.7. The highest BCUT2D eigenvalue weighted by atomic mass is 16.4. The Balaban J connectivity index is 1.57. The van der Waals surface area contributed by atoms with E-state index in [2.05, 4.69) is 31.7 Å². The molecule has 0 saturated carbocycles. The number of urea groups is 1. The minimum atomic E-state index is -1.52. The van der Waals surface area contributed by atoms with Gasteiger partial charge in [0.1, 0.15) is 23.9 Å². The van der Waals surface area contributed by atoms with Crippen LogP contribution < -0.4 is 32.5 Å². The molecule has 1 heterocycles. The van der Waals surface area contributed by atoms with Gasteiger partial charge in [-0.1, -0.05) is 42.5 Å². The van der Waals surface area contributed by atoms with Crippen LogP contribution in [-0.4, -0.2) is 80.7 Å². The summed E-state index contributed by atoms with van der Waals surface area (Å²) in [6, 6.07) is 11.6. The molecule has 0 aliphatic carbocycles. The molecule has 0 bridgehead atoms. The van der Waals surface area contributed by atoms with Crippen LogP contribution in [0, 0.1) is 0 Å². The molecule has 0 radical (unpaired) electrons. The lowest BCUT2D eigenvalue weighted by Gasteiger charge is -2.20. The molecule has 47 heavy (non-hydrogen) atoms. The molecule has 0 fully saturated rings. The number of benzene rings is 2. The minimum absolute atomic E-state index is 0.0383. The summed E-state index contributed by atoms with van der Waals surface area (Å²) in [6.07, 6.45) is 1.16. The molecule has 16 heteroatoms. The van der Waals surface area contributed by atoms with Crippen molar-refractivity contribution < 1.29 is 44.1 Å². The number of nitrogen functional groups attached to an aromatic ring is 1. The number of anilines is 1. The van der Waals surface area contributed by atoms with E-state index < -0.39 is 60.3 Å². The normalized spacial score (nSPS) is 12.6. The third-order valence-corrected chi connectivity index (χ3v) is 7.12. The highest BCUT2D eigenvalue weighted by molar-refractivity contribution is 5.97. The van der Waals surface area contributed by atoms with Crippen molar-refractivity contribution in [3.05, 3.63) is 71.9 Å². The van der Waals surface area contributed by atoms with E-state index in [1.54, 1.807) is 0 Å². The van der Waals surface area contributed by atoms with Crippen LogP contribution in [-0.2, 0) is 25.6 Å². The van der Waals surface area contributed by atoms with Crippen molar-refractivity contribution in [2.24, 2.45) is 5.84 Å². The van der Waals surface area contributed by atoms with Gasteiger partial charge < -0.3 is 42.0 Å². The van der Waals surface area contributed by atoms with E-state index in [0.29, 0.717) is 12.2 Å². The zero-order valence-electron chi connectivity index (χ0n) is 25.3. The van der Waals surface area contributed by atoms with Crippen LogP contribution in [0.3, 0.4) is 0 Å². The number of carboxylic acid groups (broad SMARTS) is 3. The largest absolute Gasteiger partial charge is 0.481 e. The monoisotopic (exact) mass is 651 g/mol. The summed E-state index contributed by atoms with van der Waals surface area (Å²) in [5.74, 6) is 0.638. The van der Waals surface area contributed by atoms with Crippen molar-refractivity contribution in [3.8, 4) is 0 Å². The van der Waals surface area contributed by atoms with Gasteiger partial charge in [0.2, 0.25) is 5.91 Å². The van der Waals surface area contributed by atoms with Crippen molar-refractivity contribution >= 4 is 52.3 Å². The van der Waals surface area contributed by atoms with Gasteiger partial charge in [0.25, 0.3) is 5.91 Å². The van der Waals surface area contributed by atoms with Gasteiger partial charge in [0.05, 0.1) is 5.56 Å². The van der Waals surface area contributed by atoms with Gasteiger partial charge in [-0.3, -0.25) is 14.4 Å². The van der Waals surface area contributed by atoms with Crippen LogP contribution in [0.4, 0.5) is 10.6 Å². The maximum absolute atomic E-state index is 13.3. The summed E-state index contributed by atoms with van der Waals surface area (Å²) in [5, 5.41) is 39.2. The molecule has 0 unspecified atom stereocenters. The van der Waals surface area contributed by atoms with E-state index in [0.717, 1.165) is 16.3 Å². The van der Waals surface area contributed by atoms with E-state index >= 15 is 0 Å². The molecule has 3 rings (SSSR count). The Morgan fingerprint density at radius 3 is 2.06 bits per heavy atom. The zero-order valence-corrected chi connectivity index (χ0v) is 25.3. The van der Waals surface area contributed by atoms with Crippen LogP contribution in [0.5, 0.6) is 0 Å². The molecule has 16 nitrogen and oxygen atoms in total. The van der Waals surface area contributed by atoms with Gasteiger partial charge in [-0.05, 0) is 54.2 Å². The molecule has 250 valence electrons. The second-order valence-electron chi connectivity index (χ2n) is 10.6. The first-order valence-electron chi connectivity index (χ1n) is 14.7. The number of fused-ring (bicyclic) bond motifs is 1. The average Bonchev–Trinajstić information content (AvgIpc) is 3.05. The Hall–Kier alpha value is -5.77. The Morgan fingerprint density at radius 1 is 0.766 bits per heavy atom. The maximum Gasteiger partial charge on any atom is 0.326 e. The number of nitrogens with zero attached hydrogens (tertiary/aromatic N) is 1. The van der Waals surface area contributed by atoms with Gasteiger partial charge in [-0.15, -0.1) is 0 Å². The standard InChI is InChI=1S/C31H37N7O9/c32-38-25-12-10-21(17-34-25)27(41)35-24(16-18-8-9-19-5-1-2-6-20(19)15-18)28(42)33-14-4-3-7-22(29(43)44)36-31(47)37-23(30(45)46)11-13-26(39)40/h1-2,5-6,8-10,12,15,17,22-24H,3-4,7,11,13-14,16,32H2,(H,33,42)(H,34,38)(H,35,41)(H,39,40)(H,43,44)(H,45,46)(H2,36,37,47)/t22-,23-,24-/m0/s1. The number of pyridine rings is 1. The van der Waals surface area contributed by atoms with E-state index in [1.165, 1.54) is 18.3 Å². The molecule has 3 aromatic rings. The lowest BCUT2D eigenvalue weighted by atomic mass is 10.0. The lowest BCUT2D eigenvalue weighted by Crippen LogP contribution is -2.51. The number of carbonyl (C=O) groups excluding carboxylic acids is 3. The van der Waals surface area contributed by atoms with Crippen molar-refractivity contribution in [2.45, 2.75) is 56.7 Å². The average molecular weight is 652 g/mol. The number of unbranched alkanes of at least 4 members (excludes halogenated alkanes) is 1. The molecular weight excluding hydrogens is 614 g/mol. The van der Waals surface area contributed by atoms with Gasteiger partial charge in [0, 0.05) is 25.6 Å². The third-order valence-electron chi connectivity index (χ3n) is 7.12. The molecular formula is C31H37N7O9. The summed E-state index contributed by atoms with van der Waals surface area (Å²) in [7, 11) is 0. The number of amides is 4. The van der Waals surface area contributed by atoms with Crippen LogP contribution in [0.15, 0.2) is 60.8 Å². The number of carboxylic acids is 3. The van der Waals surface area contributed by atoms with Gasteiger partial charge in [0.15, 0.2) is 0 Å². The maximum atomic E-state index is 13.3. The summed E-state index contributed by atoms with van der Waals surface area (Å²) >= 11 is 0. The van der Waals surface area contributed by atoms with E-state index in [4.69, 9.17) is 10.9 Å². The predicted octanol–water partition coefficient (Wildman–Crippen LogP) is 1.22. The van der Waals surface area contributed by atoms with E-state index in [-0.39, 0.29) is 37.8 Å². The molecule has 2 aromatic carbocycles. The molecule has 3 atom stereocenters. The second-order valence-corrected chi connectivity index (χ2v) is 10.6. The summed E-state index contributed by atoms with van der Waals surface area (Å²) < 4.78 is 0. The Bertz CT molecular complexity index is 1580. The SMILES string of the molecule is NNc1ccc(C(=O)N[C@@H](Cc2ccc3ccccc3c2)C(=O)NCCCC[C@H](NC(=O)N[C@@H](CCC(=O)O)C(=O)O)C(=O)O)cn1. The molecule has 1 aromatic heterocycles. The Morgan fingerprint density at radius 2 is 1.45 bits per heavy atom.